The summed E-state index contributed by atoms with van der Waals surface area (Å²) in [6.45, 7) is 2.77. The van der Waals surface area contributed by atoms with Crippen LogP contribution >= 0.6 is 0 Å². The molecule has 2 N–H and O–H groups in total. The van der Waals surface area contributed by atoms with E-state index in [0.717, 1.165) is 0 Å². The van der Waals surface area contributed by atoms with Gasteiger partial charge in [-0.2, -0.15) is 0 Å². The molecule has 9 heavy (non-hydrogen) atoms. The highest BCUT2D eigenvalue weighted by molar-refractivity contribution is 8.17. The molecule has 0 aromatic carbocycles. The van der Waals surface area contributed by atoms with Crippen LogP contribution in [0.3, 0.4) is 0 Å². The predicted octanol–water partition coefficient (Wildman–Crippen LogP) is -1.22. The number of hydrogen-bond donors (Lipinski definition) is 2. The molecule has 4 nitrogen and oxygen atoms in total. The normalized spacial score (nSPS) is 12.1. The molecule has 0 aliphatic heterocycles. The molecule has 0 aliphatic carbocycles. The minimum Gasteiger partial charge on any atom is -0.415 e. The molecule has 0 aromatic heterocycles. The minimum atomic E-state index is -3.70. The summed E-state index contributed by atoms with van der Waals surface area (Å²) in [7, 11) is -3.70. The van der Waals surface area contributed by atoms with Crippen molar-refractivity contribution in [1.82, 2.24) is 0 Å². The van der Waals surface area contributed by atoms with E-state index >= 15 is 0 Å². The van der Waals surface area contributed by atoms with Crippen LogP contribution in [0, 0.1) is 0 Å². The van der Waals surface area contributed by atoms with Gasteiger partial charge in [-0.15, -0.1) is 0 Å². The summed E-state index contributed by atoms with van der Waals surface area (Å²) in [5.74, 6) is 0. The van der Waals surface area contributed by atoms with Crippen LogP contribution in [0.1, 0.15) is 13.8 Å². The van der Waals surface area contributed by atoms with Crippen molar-refractivity contribution in [3.05, 3.63) is 0 Å². The second-order valence-electron chi connectivity index (χ2n) is 1.96. The zero-order valence-corrected chi connectivity index (χ0v) is 6.09. The van der Waals surface area contributed by atoms with Crippen LogP contribution < -0.4 is 0 Å². The maximum Gasteiger partial charge on any atom is 0.592 e. The van der Waals surface area contributed by atoms with Gasteiger partial charge in [-0.3, -0.25) is 0 Å². The third-order valence-corrected chi connectivity index (χ3v) is 2.85. The second kappa shape index (κ2) is 2.68. The molecule has 0 rings (SSSR count). The first-order valence-corrected chi connectivity index (χ1v) is 4.09. The highest BCUT2D eigenvalue weighted by atomic mass is 32.2. The quantitative estimate of drug-likeness (QED) is 0.486. The van der Waals surface area contributed by atoms with Crippen LogP contribution in [0.25, 0.3) is 0 Å². The van der Waals surface area contributed by atoms with Crippen molar-refractivity contribution < 1.29 is 18.5 Å². The highest BCUT2D eigenvalue weighted by Crippen LogP contribution is 2.00. The summed E-state index contributed by atoms with van der Waals surface area (Å²) in [5, 5.41) is 15.7. The molecular weight excluding hydrogens is 143 g/mol. The van der Waals surface area contributed by atoms with Crippen molar-refractivity contribution in [2.45, 2.75) is 19.1 Å². The molecular formula is C3H9BO4S. The molecule has 0 spiro atoms. The summed E-state index contributed by atoms with van der Waals surface area (Å²) >= 11 is 0. The Labute approximate surface area is 54.5 Å². The lowest BCUT2D eigenvalue weighted by molar-refractivity contribution is 0.427. The van der Waals surface area contributed by atoms with Crippen molar-refractivity contribution >= 4 is 16.1 Å². The first-order chi connectivity index (χ1) is 3.89. The molecule has 6 heteroatoms. The van der Waals surface area contributed by atoms with Crippen LogP contribution in [0.5, 0.6) is 0 Å². The fourth-order valence-corrected chi connectivity index (χ4v) is 0.730. The van der Waals surface area contributed by atoms with Gasteiger partial charge in [0, 0.05) is 0 Å². The van der Waals surface area contributed by atoms with Crippen molar-refractivity contribution in [3.63, 3.8) is 0 Å². The van der Waals surface area contributed by atoms with Crippen molar-refractivity contribution in [3.8, 4) is 0 Å². The van der Waals surface area contributed by atoms with Crippen LogP contribution in [-0.2, 0) is 9.69 Å². The van der Waals surface area contributed by atoms with E-state index < -0.39 is 21.3 Å². The molecule has 0 unspecified atom stereocenters. The first-order valence-electron chi connectivity index (χ1n) is 2.48. The van der Waals surface area contributed by atoms with Crippen LogP contribution in [0.4, 0.5) is 0 Å². The molecule has 0 saturated heterocycles. The smallest absolute Gasteiger partial charge is 0.415 e. The average molecular weight is 152 g/mol. The molecule has 0 heterocycles. The first kappa shape index (κ1) is 8.93. The van der Waals surface area contributed by atoms with E-state index in [1.54, 1.807) is 0 Å². The van der Waals surface area contributed by atoms with E-state index in [4.69, 9.17) is 10.0 Å². The fourth-order valence-electron chi connectivity index (χ4n) is 0.243. The van der Waals surface area contributed by atoms with Gasteiger partial charge >= 0.3 is 6.40 Å². The van der Waals surface area contributed by atoms with Gasteiger partial charge < -0.3 is 10.0 Å². The van der Waals surface area contributed by atoms with Gasteiger partial charge in [0.2, 0.25) is 0 Å². The van der Waals surface area contributed by atoms with Crippen LogP contribution in [0.2, 0.25) is 0 Å². The monoisotopic (exact) mass is 152 g/mol. The Morgan fingerprint density at radius 2 is 1.67 bits per heavy atom. The molecule has 0 radical (unpaired) electrons. The van der Waals surface area contributed by atoms with Crippen LogP contribution in [0.15, 0.2) is 0 Å². The molecule has 0 saturated carbocycles. The number of rotatable bonds is 2. The second-order valence-corrected chi connectivity index (χ2v) is 4.51. The topological polar surface area (TPSA) is 74.6 Å². The van der Waals surface area contributed by atoms with Crippen molar-refractivity contribution in [2.24, 2.45) is 0 Å². The number of hydrogen-bond acceptors (Lipinski definition) is 4. The lowest BCUT2D eigenvalue weighted by Crippen LogP contribution is -2.32. The summed E-state index contributed by atoms with van der Waals surface area (Å²) in [4.78, 5) is 0. The third-order valence-electron chi connectivity index (χ3n) is 0.951. The Hall–Kier alpha value is -0.0651. The SMILES string of the molecule is CC(C)S(=O)(=O)B(O)O. The Balaban J connectivity index is 4.42. The van der Waals surface area contributed by atoms with Gasteiger partial charge in [0.25, 0.3) is 0 Å². The van der Waals surface area contributed by atoms with Gasteiger partial charge in [0.1, 0.15) is 0 Å². The molecule has 0 aromatic rings. The lowest BCUT2D eigenvalue weighted by atomic mass is 10.4. The standard InChI is InChI=1S/C3H9BO4S/c1-3(2)9(7,8)4(5)6/h3,5-6H,1-2H3. The third kappa shape index (κ3) is 1.96. The maximum atomic E-state index is 10.5. The molecule has 0 amide bonds. The highest BCUT2D eigenvalue weighted by Gasteiger charge is 2.31. The zero-order chi connectivity index (χ0) is 7.65. The Kier molecular flexibility index (Phi) is 2.66. The van der Waals surface area contributed by atoms with E-state index in [0.29, 0.717) is 0 Å². The van der Waals surface area contributed by atoms with Crippen molar-refractivity contribution in [2.75, 3.05) is 0 Å². The molecule has 0 bridgehead atoms. The summed E-state index contributed by atoms with van der Waals surface area (Å²) < 4.78 is 21.1. The van der Waals surface area contributed by atoms with E-state index in [1.807, 2.05) is 0 Å². The van der Waals surface area contributed by atoms with Gasteiger partial charge in [-0.1, -0.05) is 0 Å². The molecule has 0 aliphatic rings. The lowest BCUT2D eigenvalue weighted by Gasteiger charge is -2.03. The molecule has 0 fully saturated rings. The molecule has 54 valence electrons. The van der Waals surface area contributed by atoms with E-state index in [1.165, 1.54) is 13.8 Å². The van der Waals surface area contributed by atoms with E-state index in [-0.39, 0.29) is 0 Å². The average Bonchev–Trinajstić information content (AvgIpc) is 1.65. The Morgan fingerprint density at radius 3 is 1.67 bits per heavy atom. The van der Waals surface area contributed by atoms with E-state index in [9.17, 15) is 8.42 Å². The summed E-state index contributed by atoms with van der Waals surface area (Å²) in [5.41, 5.74) is 0. The Morgan fingerprint density at radius 1 is 1.33 bits per heavy atom. The van der Waals surface area contributed by atoms with Crippen molar-refractivity contribution in [1.29, 1.82) is 0 Å². The van der Waals surface area contributed by atoms with Gasteiger partial charge in [-0.05, 0) is 13.8 Å². The summed E-state index contributed by atoms with van der Waals surface area (Å²) in [6, 6.07) is 0. The Bertz CT molecular complexity index is 156. The summed E-state index contributed by atoms with van der Waals surface area (Å²) in [6.07, 6.45) is -2.24. The minimum absolute atomic E-state index is 0.738. The molecule has 0 atom stereocenters. The maximum absolute atomic E-state index is 10.5. The van der Waals surface area contributed by atoms with Gasteiger partial charge in [0.15, 0.2) is 9.69 Å². The van der Waals surface area contributed by atoms with Crippen LogP contribution in [-0.4, -0.2) is 30.1 Å². The van der Waals surface area contributed by atoms with Gasteiger partial charge in [0.05, 0.1) is 5.25 Å². The predicted molar refractivity (Wildman–Crippen MR) is 34.2 cm³/mol. The fraction of sp³-hybridized carbons (Fsp3) is 1.00. The largest absolute Gasteiger partial charge is 0.592 e. The van der Waals surface area contributed by atoms with Gasteiger partial charge in [-0.25, -0.2) is 8.42 Å². The zero-order valence-electron chi connectivity index (χ0n) is 5.27. The van der Waals surface area contributed by atoms with E-state index in [2.05, 4.69) is 0 Å².